The molecule has 0 saturated heterocycles. The summed E-state index contributed by atoms with van der Waals surface area (Å²) in [6, 6.07) is 6.15. The van der Waals surface area contributed by atoms with Gasteiger partial charge >= 0.3 is 39.3 Å². The normalized spacial score (nSPS) is 11.1. The molecular weight excluding hydrogens is 419 g/mol. The van der Waals surface area contributed by atoms with Crippen molar-refractivity contribution >= 4 is 40.0 Å². The Bertz CT molecular complexity index is 520. The summed E-state index contributed by atoms with van der Waals surface area (Å²) in [5.41, 5.74) is 3.34. The van der Waals surface area contributed by atoms with E-state index in [0.29, 0.717) is 0 Å². The zero-order valence-corrected chi connectivity index (χ0v) is 14.9. The van der Waals surface area contributed by atoms with Crippen LogP contribution in [0.15, 0.2) is 35.8 Å². The van der Waals surface area contributed by atoms with Crippen molar-refractivity contribution in [2.45, 2.75) is 20.8 Å². The molecule has 1 aromatic heterocycles. The molecule has 0 aliphatic rings. The summed E-state index contributed by atoms with van der Waals surface area (Å²) < 4.78 is 1.66. The molecule has 0 fully saturated rings. The van der Waals surface area contributed by atoms with Gasteiger partial charge in [-0.15, -0.1) is 0 Å². The monoisotopic (exact) mass is 430 g/mol. The van der Waals surface area contributed by atoms with E-state index in [2.05, 4.69) is 69.5 Å². The number of hydrogen-bond donors (Lipinski definition) is 0. The van der Waals surface area contributed by atoms with Crippen LogP contribution in [0.5, 0.6) is 0 Å². The van der Waals surface area contributed by atoms with Gasteiger partial charge in [-0.05, 0) is 31.9 Å². The van der Waals surface area contributed by atoms with Crippen LogP contribution >= 0.6 is 28.5 Å². The number of aryl methyl sites for hydroxylation is 2. The van der Waals surface area contributed by atoms with Gasteiger partial charge in [-0.2, -0.15) is 5.10 Å². The van der Waals surface area contributed by atoms with Crippen molar-refractivity contribution in [3.63, 3.8) is 0 Å². The zero-order chi connectivity index (χ0) is 14.3. The van der Waals surface area contributed by atoms with Gasteiger partial charge < -0.3 is 0 Å². The summed E-state index contributed by atoms with van der Waals surface area (Å²) in [7, 11) is 1.25. The van der Waals surface area contributed by atoms with Gasteiger partial charge in [0.15, 0.2) is 0 Å². The average molecular weight is 433 g/mol. The number of nitrogens with zero attached hydrogens (tertiary/aromatic N) is 4. The third kappa shape index (κ3) is 5.17. The second kappa shape index (κ2) is 8.61. The molecule has 0 amide bonds. The van der Waals surface area contributed by atoms with Gasteiger partial charge in [-0.1, -0.05) is 18.2 Å². The van der Waals surface area contributed by atoms with Crippen molar-refractivity contribution in [3.8, 4) is 0 Å². The van der Waals surface area contributed by atoms with Gasteiger partial charge in [0.1, 0.15) is 18.5 Å². The van der Waals surface area contributed by atoms with E-state index in [-0.39, 0.29) is 0 Å². The fraction of sp³-hybridized carbons (Fsp3) is 0.250. The molecule has 106 valence electrons. The Morgan fingerprint density at radius 3 is 2.32 bits per heavy atom. The Balaban J connectivity index is 0.000000550. The van der Waals surface area contributed by atoms with E-state index in [0.717, 1.165) is 11.5 Å². The van der Waals surface area contributed by atoms with Crippen molar-refractivity contribution in [1.29, 1.82) is 0 Å². The van der Waals surface area contributed by atoms with E-state index in [1.807, 2.05) is 13.0 Å². The summed E-state index contributed by atoms with van der Waals surface area (Å²) in [6.45, 7) is 6.03. The molecule has 0 radical (unpaired) electrons. The van der Waals surface area contributed by atoms with Gasteiger partial charge in [0.25, 0.3) is 0 Å². The summed E-state index contributed by atoms with van der Waals surface area (Å²) in [4.78, 5) is 8.48. The molecule has 1 heterocycles. The van der Waals surface area contributed by atoms with E-state index < -0.39 is 0 Å². The van der Waals surface area contributed by atoms with Crippen LogP contribution < -0.4 is 0 Å². The first-order chi connectivity index (χ1) is 9.10. The van der Waals surface area contributed by atoms with Gasteiger partial charge in [0.2, 0.25) is 0 Å². The van der Waals surface area contributed by atoms with Crippen LogP contribution in [0, 0.1) is 13.8 Å². The van der Waals surface area contributed by atoms with Crippen LogP contribution in [0.4, 0.5) is 5.69 Å². The van der Waals surface area contributed by atoms with Crippen LogP contribution in [0.25, 0.3) is 0 Å². The number of aromatic nitrogens is 3. The third-order valence-electron chi connectivity index (χ3n) is 2.46. The predicted molar refractivity (Wildman–Crippen MR) is 82.0 cm³/mol. The standard InChI is InChI=1S/C12H14N4.2BrH.Ni/c1-9-5-4-6-10(2)12(9)15-11(3)16-8-13-7-14-16;;;/h4-8H,1-3H3;2*1H;/q;;;+2/p-2. The minimum atomic E-state index is 0.815. The minimum absolute atomic E-state index is 0.815. The van der Waals surface area contributed by atoms with Gasteiger partial charge in [-0.25, -0.2) is 14.7 Å². The van der Waals surface area contributed by atoms with Crippen molar-refractivity contribution in [2.75, 3.05) is 0 Å². The van der Waals surface area contributed by atoms with Gasteiger partial charge in [0, 0.05) is 0 Å². The van der Waals surface area contributed by atoms with Crippen LogP contribution in [0.1, 0.15) is 18.1 Å². The average Bonchev–Trinajstić information content (AvgIpc) is 2.88. The SMILES string of the molecule is CC(=Nc1c(C)cccc1C)n1cncn1.[Br][Ni][Br]. The van der Waals surface area contributed by atoms with Crippen molar-refractivity contribution < 1.29 is 10.9 Å². The molecule has 2 rings (SSSR count). The second-order valence-corrected chi connectivity index (χ2v) is 8.77. The zero-order valence-electron chi connectivity index (χ0n) is 10.7. The van der Waals surface area contributed by atoms with Crippen molar-refractivity contribution in [1.82, 2.24) is 14.8 Å². The quantitative estimate of drug-likeness (QED) is 0.385. The number of halogens is 2. The Morgan fingerprint density at radius 1 is 1.26 bits per heavy atom. The first-order valence-electron chi connectivity index (χ1n) is 5.39. The maximum atomic E-state index is 4.58. The molecule has 0 aliphatic heterocycles. The summed E-state index contributed by atoms with van der Waals surface area (Å²) in [5.74, 6) is 0.815. The molecule has 2 aromatic rings. The second-order valence-electron chi connectivity index (χ2n) is 3.78. The van der Waals surface area contributed by atoms with E-state index >= 15 is 0 Å². The van der Waals surface area contributed by atoms with Crippen LogP contribution in [0.3, 0.4) is 0 Å². The molecule has 1 aromatic carbocycles. The molecule has 0 bridgehead atoms. The van der Waals surface area contributed by atoms with Gasteiger partial charge in [0.05, 0.1) is 5.69 Å². The first-order valence-corrected chi connectivity index (χ1v) is 10.3. The van der Waals surface area contributed by atoms with E-state index in [9.17, 15) is 0 Å². The number of para-hydroxylation sites is 1. The van der Waals surface area contributed by atoms with Crippen LogP contribution in [-0.4, -0.2) is 20.6 Å². The van der Waals surface area contributed by atoms with Crippen LogP contribution in [-0.2, 0) is 10.9 Å². The molecular formula is C12H14Br2N4Ni. The molecule has 0 atom stereocenters. The number of benzene rings is 1. The first kappa shape index (κ1) is 16.5. The van der Waals surface area contributed by atoms with Crippen molar-refractivity contribution in [3.05, 3.63) is 42.0 Å². The Labute approximate surface area is 133 Å². The molecule has 0 saturated carbocycles. The van der Waals surface area contributed by atoms with Crippen LogP contribution in [0.2, 0.25) is 0 Å². The number of rotatable bonds is 1. The molecule has 0 unspecified atom stereocenters. The summed E-state index contributed by atoms with van der Waals surface area (Å²) in [6.07, 6.45) is 3.15. The van der Waals surface area contributed by atoms with E-state index in [1.165, 1.54) is 28.4 Å². The van der Waals surface area contributed by atoms with Crippen molar-refractivity contribution in [2.24, 2.45) is 4.99 Å². The Kier molecular flexibility index (Phi) is 7.50. The molecule has 4 nitrogen and oxygen atoms in total. The third-order valence-corrected chi connectivity index (χ3v) is 2.46. The summed E-state index contributed by atoms with van der Waals surface area (Å²) >= 11 is 6.00. The topological polar surface area (TPSA) is 43.1 Å². The molecule has 19 heavy (non-hydrogen) atoms. The number of aliphatic imine (C=N–C) groups is 1. The maximum absolute atomic E-state index is 4.58. The summed E-state index contributed by atoms with van der Waals surface area (Å²) in [5, 5.41) is 4.05. The Hall–Kier alpha value is -0.516. The molecule has 0 aliphatic carbocycles. The fourth-order valence-corrected chi connectivity index (χ4v) is 1.57. The van der Waals surface area contributed by atoms with E-state index in [1.54, 1.807) is 11.0 Å². The number of hydrogen-bond acceptors (Lipinski definition) is 3. The molecule has 0 N–H and O–H groups in total. The van der Waals surface area contributed by atoms with Gasteiger partial charge in [-0.3, -0.25) is 0 Å². The van der Waals surface area contributed by atoms with E-state index in [4.69, 9.17) is 0 Å². The Morgan fingerprint density at radius 2 is 1.84 bits per heavy atom. The molecule has 0 spiro atoms. The molecule has 7 heteroatoms. The predicted octanol–water partition coefficient (Wildman–Crippen LogP) is 4.18. The fourth-order valence-electron chi connectivity index (χ4n) is 1.57.